The minimum atomic E-state index is -4.45. The van der Waals surface area contributed by atoms with E-state index in [2.05, 4.69) is 25.9 Å². The van der Waals surface area contributed by atoms with E-state index >= 15 is 0 Å². The van der Waals surface area contributed by atoms with Gasteiger partial charge in [-0.25, -0.2) is 4.98 Å². The topological polar surface area (TPSA) is 75.3 Å². The predicted octanol–water partition coefficient (Wildman–Crippen LogP) is 2.76. The number of amides is 1. The number of thiocarbonyl (C=S) groups is 1. The Bertz CT molecular complexity index is 771. The van der Waals surface area contributed by atoms with Gasteiger partial charge < -0.3 is 10.1 Å². The van der Waals surface area contributed by atoms with Gasteiger partial charge in [0, 0.05) is 18.8 Å². The first-order chi connectivity index (χ1) is 13.3. The van der Waals surface area contributed by atoms with Crippen molar-refractivity contribution in [2.45, 2.75) is 19.0 Å². The van der Waals surface area contributed by atoms with Crippen molar-refractivity contribution in [3.8, 4) is 5.88 Å². The summed E-state index contributed by atoms with van der Waals surface area (Å²) in [5, 5.41) is 3.21. The van der Waals surface area contributed by atoms with E-state index < -0.39 is 18.7 Å². The SMILES string of the molecule is O=C(NNC(=S)NCCCc1ccccc1)c1ccc(OCC(F)(F)F)nc1. The van der Waals surface area contributed by atoms with Gasteiger partial charge in [-0.2, -0.15) is 13.2 Å². The van der Waals surface area contributed by atoms with E-state index in [-0.39, 0.29) is 16.6 Å². The molecule has 0 aliphatic rings. The van der Waals surface area contributed by atoms with Crippen molar-refractivity contribution in [2.24, 2.45) is 0 Å². The van der Waals surface area contributed by atoms with Crippen LogP contribution in [0.1, 0.15) is 22.3 Å². The van der Waals surface area contributed by atoms with Crippen molar-refractivity contribution >= 4 is 23.2 Å². The molecule has 0 aliphatic carbocycles. The highest BCUT2D eigenvalue weighted by Gasteiger charge is 2.28. The maximum atomic E-state index is 12.1. The van der Waals surface area contributed by atoms with Crippen molar-refractivity contribution in [3.05, 3.63) is 59.8 Å². The third kappa shape index (κ3) is 8.21. The number of alkyl halides is 3. The van der Waals surface area contributed by atoms with Crippen LogP contribution in [0.2, 0.25) is 0 Å². The van der Waals surface area contributed by atoms with Gasteiger partial charge in [-0.15, -0.1) is 0 Å². The summed E-state index contributed by atoms with van der Waals surface area (Å²) in [5.41, 5.74) is 6.30. The molecule has 6 nitrogen and oxygen atoms in total. The van der Waals surface area contributed by atoms with Crippen molar-refractivity contribution in [2.75, 3.05) is 13.2 Å². The molecule has 1 aromatic carbocycles. The van der Waals surface area contributed by atoms with Crippen LogP contribution < -0.4 is 20.9 Å². The Kier molecular flexibility index (Phi) is 8.00. The van der Waals surface area contributed by atoms with E-state index in [0.29, 0.717) is 6.54 Å². The highest BCUT2D eigenvalue weighted by Crippen LogP contribution is 2.16. The third-order valence-corrected chi connectivity index (χ3v) is 3.69. The van der Waals surface area contributed by atoms with E-state index in [1.807, 2.05) is 30.3 Å². The quantitative estimate of drug-likeness (QED) is 0.369. The second-order valence-electron chi connectivity index (χ2n) is 5.71. The maximum Gasteiger partial charge on any atom is 0.422 e. The molecule has 0 unspecified atom stereocenters. The Balaban J connectivity index is 1.66. The van der Waals surface area contributed by atoms with Gasteiger partial charge in [0.05, 0.1) is 5.56 Å². The lowest BCUT2D eigenvalue weighted by molar-refractivity contribution is -0.154. The average molecular weight is 412 g/mol. The number of hydrogen-bond donors (Lipinski definition) is 3. The maximum absolute atomic E-state index is 12.1. The number of pyridine rings is 1. The van der Waals surface area contributed by atoms with E-state index in [1.165, 1.54) is 17.7 Å². The summed E-state index contributed by atoms with van der Waals surface area (Å²) in [6, 6.07) is 12.5. The van der Waals surface area contributed by atoms with Crippen LogP contribution in [0.4, 0.5) is 13.2 Å². The summed E-state index contributed by atoms with van der Waals surface area (Å²) in [6.45, 7) is -0.819. The van der Waals surface area contributed by atoms with Crippen molar-refractivity contribution in [1.29, 1.82) is 0 Å². The van der Waals surface area contributed by atoms with Gasteiger partial charge in [0.1, 0.15) is 0 Å². The van der Waals surface area contributed by atoms with Gasteiger partial charge in [0.25, 0.3) is 5.91 Å². The zero-order chi connectivity index (χ0) is 20.4. The molecule has 0 atom stereocenters. The highest BCUT2D eigenvalue weighted by atomic mass is 32.1. The van der Waals surface area contributed by atoms with Crippen LogP contribution in [0.25, 0.3) is 0 Å². The minimum Gasteiger partial charge on any atom is -0.468 e. The zero-order valence-corrected chi connectivity index (χ0v) is 15.6. The lowest BCUT2D eigenvalue weighted by Crippen LogP contribution is -2.47. The number of benzene rings is 1. The van der Waals surface area contributed by atoms with Crippen LogP contribution >= 0.6 is 12.2 Å². The molecule has 2 rings (SSSR count). The molecule has 1 aromatic heterocycles. The Labute approximate surface area is 165 Å². The molecule has 0 aliphatic heterocycles. The monoisotopic (exact) mass is 412 g/mol. The van der Waals surface area contributed by atoms with Gasteiger partial charge in [-0.3, -0.25) is 15.6 Å². The van der Waals surface area contributed by atoms with E-state index in [0.717, 1.165) is 19.0 Å². The summed E-state index contributed by atoms with van der Waals surface area (Å²) in [4.78, 5) is 15.6. The number of hydrogen-bond acceptors (Lipinski definition) is 4. The van der Waals surface area contributed by atoms with Crippen molar-refractivity contribution in [3.63, 3.8) is 0 Å². The largest absolute Gasteiger partial charge is 0.468 e. The summed E-state index contributed by atoms with van der Waals surface area (Å²) < 4.78 is 40.7. The summed E-state index contributed by atoms with van der Waals surface area (Å²) in [6.07, 6.45) is -1.58. The lowest BCUT2D eigenvalue weighted by Gasteiger charge is -2.12. The Morgan fingerprint density at radius 1 is 1.11 bits per heavy atom. The number of nitrogens with zero attached hydrogens (tertiary/aromatic N) is 1. The molecule has 10 heteroatoms. The minimum absolute atomic E-state index is 0.138. The van der Waals surface area contributed by atoms with Crippen LogP contribution in [0.5, 0.6) is 5.88 Å². The van der Waals surface area contributed by atoms with Gasteiger partial charge in [0.15, 0.2) is 11.7 Å². The number of nitrogens with one attached hydrogen (secondary N) is 3. The molecule has 0 saturated heterocycles. The highest BCUT2D eigenvalue weighted by molar-refractivity contribution is 7.80. The fraction of sp³-hybridized carbons (Fsp3) is 0.278. The summed E-state index contributed by atoms with van der Waals surface area (Å²) in [7, 11) is 0. The molecule has 2 aromatic rings. The smallest absolute Gasteiger partial charge is 0.422 e. The van der Waals surface area contributed by atoms with Crippen LogP contribution in [-0.2, 0) is 6.42 Å². The van der Waals surface area contributed by atoms with Crippen LogP contribution in [0.3, 0.4) is 0 Å². The molecule has 0 radical (unpaired) electrons. The molecule has 0 bridgehead atoms. The number of aromatic nitrogens is 1. The van der Waals surface area contributed by atoms with E-state index in [9.17, 15) is 18.0 Å². The van der Waals surface area contributed by atoms with Gasteiger partial charge >= 0.3 is 6.18 Å². The summed E-state index contributed by atoms with van der Waals surface area (Å²) >= 11 is 5.06. The summed E-state index contributed by atoms with van der Waals surface area (Å²) in [5.74, 6) is -0.763. The number of hydrazine groups is 1. The van der Waals surface area contributed by atoms with Crippen LogP contribution in [-0.4, -0.2) is 35.3 Å². The first kappa shape index (κ1) is 21.4. The Morgan fingerprint density at radius 2 is 1.86 bits per heavy atom. The molecule has 1 amide bonds. The van der Waals surface area contributed by atoms with E-state index in [4.69, 9.17) is 12.2 Å². The van der Waals surface area contributed by atoms with Crippen molar-refractivity contribution in [1.82, 2.24) is 21.2 Å². The lowest BCUT2D eigenvalue weighted by atomic mass is 10.1. The normalized spacial score (nSPS) is 10.8. The fourth-order valence-electron chi connectivity index (χ4n) is 2.12. The molecule has 0 spiro atoms. The number of carbonyl (C=O) groups is 1. The number of ether oxygens (including phenoxy) is 1. The zero-order valence-electron chi connectivity index (χ0n) is 14.8. The molecular formula is C18H19F3N4O2S. The van der Waals surface area contributed by atoms with Crippen LogP contribution in [0.15, 0.2) is 48.7 Å². The van der Waals surface area contributed by atoms with Gasteiger partial charge in [-0.05, 0) is 36.7 Å². The van der Waals surface area contributed by atoms with Crippen molar-refractivity contribution < 1.29 is 22.7 Å². The molecule has 3 N–H and O–H groups in total. The van der Waals surface area contributed by atoms with E-state index in [1.54, 1.807) is 0 Å². The molecule has 1 heterocycles. The average Bonchev–Trinajstić information content (AvgIpc) is 2.68. The third-order valence-electron chi connectivity index (χ3n) is 3.44. The molecule has 0 fully saturated rings. The number of rotatable bonds is 7. The van der Waals surface area contributed by atoms with Crippen LogP contribution in [0, 0.1) is 0 Å². The second kappa shape index (κ2) is 10.5. The second-order valence-corrected chi connectivity index (χ2v) is 6.12. The predicted molar refractivity (Wildman–Crippen MR) is 102 cm³/mol. The molecule has 0 saturated carbocycles. The first-order valence-electron chi connectivity index (χ1n) is 8.37. The number of aryl methyl sites for hydroxylation is 1. The number of carbonyl (C=O) groups excluding carboxylic acids is 1. The Morgan fingerprint density at radius 3 is 2.50 bits per heavy atom. The molecule has 150 valence electrons. The molecular weight excluding hydrogens is 393 g/mol. The Hall–Kier alpha value is -2.88. The molecule has 28 heavy (non-hydrogen) atoms. The standard InChI is InChI=1S/C18H19F3N4O2S/c19-18(20,21)12-27-15-9-8-14(11-23-15)16(26)24-25-17(28)22-10-4-7-13-5-2-1-3-6-13/h1-3,5-6,8-9,11H,4,7,10,12H2,(H,24,26)(H2,22,25,28). The van der Waals surface area contributed by atoms with Gasteiger partial charge in [0.2, 0.25) is 5.88 Å². The number of halogens is 3. The first-order valence-corrected chi connectivity index (χ1v) is 8.78. The fourth-order valence-corrected chi connectivity index (χ4v) is 2.28. The van der Waals surface area contributed by atoms with Gasteiger partial charge in [-0.1, -0.05) is 30.3 Å².